The van der Waals surface area contributed by atoms with Gasteiger partial charge in [0.1, 0.15) is 0 Å². The lowest BCUT2D eigenvalue weighted by molar-refractivity contribution is 0.0211. The van der Waals surface area contributed by atoms with E-state index in [4.69, 9.17) is 4.74 Å². The Kier molecular flexibility index (Phi) is 5.25. The van der Waals surface area contributed by atoms with Gasteiger partial charge in [0.15, 0.2) is 0 Å². The van der Waals surface area contributed by atoms with E-state index < -0.39 is 6.10 Å². The second-order valence-corrected chi connectivity index (χ2v) is 8.22. The normalized spacial score (nSPS) is 18.0. The van der Waals surface area contributed by atoms with Crippen molar-refractivity contribution in [2.75, 3.05) is 31.6 Å². The van der Waals surface area contributed by atoms with Crippen LogP contribution in [0, 0.1) is 0 Å². The highest BCUT2D eigenvalue weighted by Gasteiger charge is 2.20. The number of nitrogens with zero attached hydrogens (tertiary/aromatic N) is 3. The van der Waals surface area contributed by atoms with Crippen LogP contribution in [-0.2, 0) is 24.2 Å². The maximum absolute atomic E-state index is 12.9. The Morgan fingerprint density at radius 1 is 1.17 bits per heavy atom. The monoisotopic (exact) mass is 406 g/mol. The van der Waals surface area contributed by atoms with E-state index in [0.29, 0.717) is 31.2 Å². The predicted molar refractivity (Wildman–Crippen MR) is 116 cm³/mol. The molecule has 2 aliphatic heterocycles. The minimum absolute atomic E-state index is 0.172. The maximum Gasteiger partial charge on any atom is 0.274 e. The van der Waals surface area contributed by atoms with Crippen molar-refractivity contribution in [2.45, 2.75) is 31.7 Å². The first kappa shape index (κ1) is 19.2. The van der Waals surface area contributed by atoms with Gasteiger partial charge in [-0.25, -0.2) is 4.68 Å². The first-order chi connectivity index (χ1) is 14.7. The molecule has 5 rings (SSSR count). The van der Waals surface area contributed by atoms with Crippen LogP contribution >= 0.6 is 0 Å². The van der Waals surface area contributed by atoms with Gasteiger partial charge in [-0.3, -0.25) is 9.69 Å². The molecule has 7 heteroatoms. The zero-order valence-corrected chi connectivity index (χ0v) is 16.8. The number of benzene rings is 2. The standard InChI is InChI=1S/C23H26N4O3/c28-21(12-26-8-7-16-3-1-2-4-17(16)11-26)13-27-23(29)22-6-5-19(9-18(22)10-24-27)25-20-14-30-15-20/h1-6,9-10,20-21,25,28H,7-8,11-15H2/t21-/m1/s1. The van der Waals surface area contributed by atoms with E-state index in [-0.39, 0.29) is 12.1 Å². The number of aliphatic hydroxyl groups is 1. The molecule has 0 saturated carbocycles. The van der Waals surface area contributed by atoms with Crippen LogP contribution < -0.4 is 10.9 Å². The van der Waals surface area contributed by atoms with Gasteiger partial charge in [-0.1, -0.05) is 24.3 Å². The molecule has 0 spiro atoms. The molecular formula is C23H26N4O3. The summed E-state index contributed by atoms with van der Waals surface area (Å²) in [5.41, 5.74) is 3.48. The van der Waals surface area contributed by atoms with Crippen molar-refractivity contribution in [1.82, 2.24) is 14.7 Å². The van der Waals surface area contributed by atoms with E-state index in [9.17, 15) is 9.90 Å². The van der Waals surface area contributed by atoms with E-state index in [1.807, 2.05) is 18.2 Å². The van der Waals surface area contributed by atoms with Crippen molar-refractivity contribution < 1.29 is 9.84 Å². The Hall–Kier alpha value is -2.74. The van der Waals surface area contributed by atoms with Gasteiger partial charge >= 0.3 is 0 Å². The molecule has 2 aliphatic rings. The quantitative estimate of drug-likeness (QED) is 0.648. The van der Waals surface area contributed by atoms with E-state index >= 15 is 0 Å². The zero-order chi connectivity index (χ0) is 20.5. The third-order valence-electron chi connectivity index (χ3n) is 5.92. The van der Waals surface area contributed by atoms with E-state index in [1.54, 1.807) is 6.20 Å². The summed E-state index contributed by atoms with van der Waals surface area (Å²) in [4.78, 5) is 15.1. The Balaban J connectivity index is 1.26. The SMILES string of the molecule is O=c1c2ccc(NC3COC3)cc2cnn1C[C@H](O)CN1CCc2ccccc2C1. The Labute approximate surface area is 174 Å². The first-order valence-corrected chi connectivity index (χ1v) is 10.5. The summed E-state index contributed by atoms with van der Waals surface area (Å²) in [6, 6.07) is 14.4. The van der Waals surface area contributed by atoms with Crippen molar-refractivity contribution in [2.24, 2.45) is 0 Å². The molecule has 0 bridgehead atoms. The maximum atomic E-state index is 12.9. The van der Waals surface area contributed by atoms with Crippen molar-refractivity contribution in [3.05, 3.63) is 70.1 Å². The van der Waals surface area contributed by atoms with Crippen LogP contribution in [0.4, 0.5) is 5.69 Å². The first-order valence-electron chi connectivity index (χ1n) is 10.5. The number of hydrogen-bond donors (Lipinski definition) is 2. The third kappa shape index (κ3) is 3.96. The minimum atomic E-state index is -0.655. The number of ether oxygens (including phenoxy) is 1. The van der Waals surface area contributed by atoms with Gasteiger partial charge in [-0.15, -0.1) is 0 Å². The van der Waals surface area contributed by atoms with E-state index in [2.05, 4.69) is 39.6 Å². The number of rotatable bonds is 6. The van der Waals surface area contributed by atoms with Gasteiger partial charge in [0.25, 0.3) is 5.56 Å². The highest BCUT2D eigenvalue weighted by molar-refractivity contribution is 5.84. The number of aliphatic hydroxyl groups excluding tert-OH is 1. The number of nitrogens with one attached hydrogen (secondary N) is 1. The predicted octanol–water partition coefficient (Wildman–Crippen LogP) is 1.63. The minimum Gasteiger partial charge on any atom is -0.390 e. The molecule has 1 fully saturated rings. The van der Waals surface area contributed by atoms with Gasteiger partial charge < -0.3 is 15.2 Å². The lowest BCUT2D eigenvalue weighted by Crippen LogP contribution is -2.40. The fourth-order valence-corrected chi connectivity index (χ4v) is 4.23. The number of fused-ring (bicyclic) bond motifs is 2. The molecule has 2 aromatic carbocycles. The summed E-state index contributed by atoms with van der Waals surface area (Å²) >= 11 is 0. The number of anilines is 1. The average Bonchev–Trinajstić information content (AvgIpc) is 2.73. The smallest absolute Gasteiger partial charge is 0.274 e. The van der Waals surface area contributed by atoms with Crippen LogP contribution in [0.15, 0.2) is 53.5 Å². The van der Waals surface area contributed by atoms with Crippen molar-refractivity contribution in [3.63, 3.8) is 0 Å². The molecule has 1 aromatic heterocycles. The summed E-state index contributed by atoms with van der Waals surface area (Å²) in [7, 11) is 0. The largest absolute Gasteiger partial charge is 0.390 e. The summed E-state index contributed by atoms with van der Waals surface area (Å²) < 4.78 is 6.56. The summed E-state index contributed by atoms with van der Waals surface area (Å²) in [5, 5.41) is 19.7. The Morgan fingerprint density at radius 3 is 2.80 bits per heavy atom. The van der Waals surface area contributed by atoms with Crippen LogP contribution in [0.5, 0.6) is 0 Å². The molecule has 0 aliphatic carbocycles. The summed E-state index contributed by atoms with van der Waals surface area (Å²) in [6.45, 7) is 3.86. The average molecular weight is 406 g/mol. The lowest BCUT2D eigenvalue weighted by Gasteiger charge is -2.30. The third-order valence-corrected chi connectivity index (χ3v) is 5.92. The fourth-order valence-electron chi connectivity index (χ4n) is 4.23. The molecule has 0 radical (unpaired) electrons. The zero-order valence-electron chi connectivity index (χ0n) is 16.8. The van der Waals surface area contributed by atoms with Crippen LogP contribution in [0.1, 0.15) is 11.1 Å². The molecule has 1 saturated heterocycles. The molecule has 0 unspecified atom stereocenters. The van der Waals surface area contributed by atoms with Gasteiger partial charge in [0.2, 0.25) is 0 Å². The molecule has 7 nitrogen and oxygen atoms in total. The molecule has 30 heavy (non-hydrogen) atoms. The lowest BCUT2D eigenvalue weighted by atomic mass is 10.00. The molecule has 2 N–H and O–H groups in total. The van der Waals surface area contributed by atoms with E-state index in [0.717, 1.165) is 30.6 Å². The van der Waals surface area contributed by atoms with Crippen LogP contribution in [0.25, 0.3) is 10.8 Å². The second-order valence-electron chi connectivity index (χ2n) is 8.22. The molecule has 3 heterocycles. The van der Waals surface area contributed by atoms with Crippen LogP contribution in [0.2, 0.25) is 0 Å². The van der Waals surface area contributed by atoms with Gasteiger partial charge in [0, 0.05) is 30.7 Å². The Morgan fingerprint density at radius 2 is 2.00 bits per heavy atom. The van der Waals surface area contributed by atoms with Gasteiger partial charge in [-0.2, -0.15) is 5.10 Å². The highest BCUT2D eigenvalue weighted by Crippen LogP contribution is 2.20. The number of aromatic nitrogens is 2. The fraction of sp³-hybridized carbons (Fsp3) is 0.391. The van der Waals surface area contributed by atoms with Gasteiger partial charge in [0.05, 0.1) is 43.5 Å². The Bertz CT molecular complexity index is 1110. The molecule has 3 aromatic rings. The number of hydrogen-bond acceptors (Lipinski definition) is 6. The second kappa shape index (κ2) is 8.18. The highest BCUT2D eigenvalue weighted by atomic mass is 16.5. The molecule has 0 amide bonds. The van der Waals surface area contributed by atoms with Crippen molar-refractivity contribution in [1.29, 1.82) is 0 Å². The van der Waals surface area contributed by atoms with Crippen LogP contribution in [-0.4, -0.2) is 58.2 Å². The molecule has 156 valence electrons. The molecular weight excluding hydrogens is 380 g/mol. The van der Waals surface area contributed by atoms with Gasteiger partial charge in [-0.05, 0) is 35.7 Å². The van der Waals surface area contributed by atoms with Crippen molar-refractivity contribution in [3.8, 4) is 0 Å². The number of β-amino-alcohol motifs (C(OH)–C–C–N with tert-alkyl or cyclic N) is 1. The molecule has 1 atom stereocenters. The van der Waals surface area contributed by atoms with Crippen LogP contribution in [0.3, 0.4) is 0 Å². The van der Waals surface area contributed by atoms with Crippen molar-refractivity contribution >= 4 is 16.5 Å². The summed E-state index contributed by atoms with van der Waals surface area (Å²) in [5.74, 6) is 0. The topological polar surface area (TPSA) is 79.6 Å². The summed E-state index contributed by atoms with van der Waals surface area (Å²) in [6.07, 6.45) is 2.03. The van der Waals surface area contributed by atoms with E-state index in [1.165, 1.54) is 15.8 Å².